The van der Waals surface area contributed by atoms with Gasteiger partial charge in [0.15, 0.2) is 6.29 Å². The lowest BCUT2D eigenvalue weighted by atomic mass is 10.1. The lowest BCUT2D eigenvalue weighted by Crippen LogP contribution is -2.12. The van der Waals surface area contributed by atoms with E-state index < -0.39 is 6.29 Å². The van der Waals surface area contributed by atoms with Gasteiger partial charge >= 0.3 is 0 Å². The van der Waals surface area contributed by atoms with E-state index in [2.05, 4.69) is 0 Å². The maximum Gasteiger partial charge on any atom is 0.194 e. The number of benzene rings is 1. The molecule has 0 aliphatic heterocycles. The summed E-state index contributed by atoms with van der Waals surface area (Å²) in [6.45, 7) is 5.40. The monoisotopic (exact) mass is 229 g/mol. The molecule has 1 unspecified atom stereocenters. The number of hydrogen-bond acceptors (Lipinski definition) is 3. The van der Waals surface area contributed by atoms with Gasteiger partial charge in [-0.1, -0.05) is 18.5 Å². The molecule has 0 saturated carbocycles. The van der Waals surface area contributed by atoms with Crippen LogP contribution in [-0.4, -0.2) is 11.4 Å². The van der Waals surface area contributed by atoms with Crippen molar-refractivity contribution in [3.05, 3.63) is 22.2 Å². The van der Waals surface area contributed by atoms with E-state index in [-0.39, 0.29) is 0 Å². The maximum atomic E-state index is 9.14. The fourth-order valence-corrected chi connectivity index (χ4v) is 1.76. The summed E-state index contributed by atoms with van der Waals surface area (Å²) in [6.07, 6.45) is -0.139. The molecule has 0 aliphatic rings. The predicted molar refractivity (Wildman–Crippen MR) is 62.3 cm³/mol. The van der Waals surface area contributed by atoms with Crippen LogP contribution in [0.3, 0.4) is 0 Å². The van der Waals surface area contributed by atoms with Crippen molar-refractivity contribution in [1.29, 1.82) is 0 Å². The SMILES string of the molecule is CCc1c(N)c(OC(C)O)cc(C)c1Cl. The first-order valence-corrected chi connectivity index (χ1v) is 5.27. The first-order chi connectivity index (χ1) is 6.97. The van der Waals surface area contributed by atoms with Gasteiger partial charge in [0.05, 0.1) is 5.69 Å². The highest BCUT2D eigenvalue weighted by atomic mass is 35.5. The summed E-state index contributed by atoms with van der Waals surface area (Å²) < 4.78 is 5.20. The molecule has 4 heteroatoms. The molecule has 84 valence electrons. The molecule has 1 aromatic carbocycles. The van der Waals surface area contributed by atoms with Crippen LogP contribution in [0.15, 0.2) is 6.07 Å². The average molecular weight is 230 g/mol. The molecule has 0 spiro atoms. The van der Waals surface area contributed by atoms with E-state index in [1.165, 1.54) is 6.92 Å². The summed E-state index contributed by atoms with van der Waals surface area (Å²) in [7, 11) is 0. The molecule has 0 amide bonds. The van der Waals surface area contributed by atoms with Gasteiger partial charge in [-0.05, 0) is 37.5 Å². The molecule has 3 nitrogen and oxygen atoms in total. The Morgan fingerprint density at radius 3 is 2.67 bits per heavy atom. The van der Waals surface area contributed by atoms with Crippen molar-refractivity contribution in [1.82, 2.24) is 0 Å². The highest BCUT2D eigenvalue weighted by Crippen LogP contribution is 2.35. The zero-order chi connectivity index (χ0) is 11.6. The molecular weight excluding hydrogens is 214 g/mol. The van der Waals surface area contributed by atoms with E-state index in [0.29, 0.717) is 16.5 Å². The van der Waals surface area contributed by atoms with Gasteiger partial charge in [0, 0.05) is 5.02 Å². The Balaban J connectivity index is 3.24. The summed E-state index contributed by atoms with van der Waals surface area (Å²) in [5.41, 5.74) is 8.17. The van der Waals surface area contributed by atoms with Crippen molar-refractivity contribution < 1.29 is 9.84 Å². The molecule has 1 aromatic rings. The number of hydrogen-bond donors (Lipinski definition) is 2. The zero-order valence-electron chi connectivity index (χ0n) is 9.17. The van der Waals surface area contributed by atoms with Crippen LogP contribution in [0.4, 0.5) is 5.69 Å². The molecule has 0 fully saturated rings. The van der Waals surface area contributed by atoms with Gasteiger partial charge in [0.2, 0.25) is 0 Å². The normalized spacial score (nSPS) is 12.6. The molecule has 15 heavy (non-hydrogen) atoms. The lowest BCUT2D eigenvalue weighted by Gasteiger charge is -2.16. The van der Waals surface area contributed by atoms with Crippen LogP contribution < -0.4 is 10.5 Å². The number of halogens is 1. The highest BCUT2D eigenvalue weighted by Gasteiger charge is 2.13. The molecule has 0 radical (unpaired) electrons. The number of nitrogen functional groups attached to an aromatic ring is 1. The number of aliphatic hydroxyl groups excluding tert-OH is 1. The van der Waals surface area contributed by atoms with Crippen molar-refractivity contribution in [2.75, 3.05) is 5.73 Å². The topological polar surface area (TPSA) is 55.5 Å². The molecule has 0 bridgehead atoms. The number of anilines is 1. The Bertz CT molecular complexity index is 364. The van der Waals surface area contributed by atoms with E-state index in [1.54, 1.807) is 6.07 Å². The molecule has 1 atom stereocenters. The third-order valence-corrected chi connectivity index (χ3v) is 2.73. The quantitative estimate of drug-likeness (QED) is 0.619. The average Bonchev–Trinajstić information content (AvgIpc) is 2.14. The minimum absolute atomic E-state index is 0.490. The van der Waals surface area contributed by atoms with Gasteiger partial charge in [-0.15, -0.1) is 0 Å². The second kappa shape index (κ2) is 4.73. The van der Waals surface area contributed by atoms with Crippen molar-refractivity contribution in [2.24, 2.45) is 0 Å². The summed E-state index contributed by atoms with van der Waals surface area (Å²) in [5, 5.41) is 9.82. The molecule has 1 rings (SSSR count). The van der Waals surface area contributed by atoms with Crippen molar-refractivity contribution in [3.63, 3.8) is 0 Å². The van der Waals surface area contributed by atoms with Crippen LogP contribution in [-0.2, 0) is 6.42 Å². The summed E-state index contributed by atoms with van der Waals surface area (Å²) in [4.78, 5) is 0. The van der Waals surface area contributed by atoms with Crippen LogP contribution >= 0.6 is 11.6 Å². The summed E-state index contributed by atoms with van der Waals surface area (Å²) in [6, 6.07) is 1.74. The molecule has 0 saturated heterocycles. The van der Waals surface area contributed by atoms with Crippen LogP contribution in [0.1, 0.15) is 25.0 Å². The van der Waals surface area contributed by atoms with E-state index in [0.717, 1.165) is 17.5 Å². The third kappa shape index (κ3) is 2.55. The first kappa shape index (κ1) is 12.1. The number of aryl methyl sites for hydroxylation is 1. The van der Waals surface area contributed by atoms with Gasteiger partial charge in [0.1, 0.15) is 5.75 Å². The predicted octanol–water partition coefficient (Wildman–Crippen LogP) is 2.51. The number of aliphatic hydroxyl groups is 1. The second-order valence-corrected chi connectivity index (χ2v) is 3.85. The standard InChI is InChI=1S/C11H16ClNO2/c1-4-8-10(12)6(2)5-9(11(8)13)15-7(3)14/h5,7,14H,4,13H2,1-3H3. The van der Waals surface area contributed by atoms with Gasteiger partial charge < -0.3 is 15.6 Å². The zero-order valence-corrected chi connectivity index (χ0v) is 9.93. The van der Waals surface area contributed by atoms with Crippen LogP contribution in [0.5, 0.6) is 5.75 Å². The Morgan fingerprint density at radius 1 is 1.60 bits per heavy atom. The van der Waals surface area contributed by atoms with Crippen LogP contribution in [0.2, 0.25) is 5.02 Å². The van der Waals surface area contributed by atoms with Crippen LogP contribution in [0, 0.1) is 6.92 Å². The van der Waals surface area contributed by atoms with E-state index >= 15 is 0 Å². The highest BCUT2D eigenvalue weighted by molar-refractivity contribution is 6.32. The number of ether oxygens (including phenoxy) is 1. The Kier molecular flexibility index (Phi) is 3.83. The van der Waals surface area contributed by atoms with Gasteiger partial charge in [-0.2, -0.15) is 0 Å². The first-order valence-electron chi connectivity index (χ1n) is 4.89. The Hall–Kier alpha value is -0.930. The number of rotatable bonds is 3. The van der Waals surface area contributed by atoms with Crippen molar-refractivity contribution >= 4 is 17.3 Å². The van der Waals surface area contributed by atoms with Crippen molar-refractivity contribution in [3.8, 4) is 5.75 Å². The minimum atomic E-state index is -0.877. The van der Waals surface area contributed by atoms with Gasteiger partial charge in [-0.25, -0.2) is 0 Å². The third-order valence-electron chi connectivity index (χ3n) is 2.20. The van der Waals surface area contributed by atoms with Crippen LogP contribution in [0.25, 0.3) is 0 Å². The fourth-order valence-electron chi connectivity index (χ4n) is 1.47. The Morgan fingerprint density at radius 2 is 2.20 bits per heavy atom. The van der Waals surface area contributed by atoms with Gasteiger partial charge in [0.25, 0.3) is 0 Å². The minimum Gasteiger partial charge on any atom is -0.463 e. The van der Waals surface area contributed by atoms with Gasteiger partial charge in [-0.3, -0.25) is 0 Å². The molecular formula is C11H16ClNO2. The van der Waals surface area contributed by atoms with E-state index in [4.69, 9.17) is 27.2 Å². The lowest BCUT2D eigenvalue weighted by molar-refractivity contribution is 0.000211. The van der Waals surface area contributed by atoms with Crippen molar-refractivity contribution in [2.45, 2.75) is 33.5 Å². The summed E-state index contributed by atoms with van der Waals surface area (Å²) in [5.74, 6) is 0.490. The summed E-state index contributed by atoms with van der Waals surface area (Å²) >= 11 is 6.11. The Labute approximate surface area is 94.8 Å². The second-order valence-electron chi connectivity index (χ2n) is 3.47. The molecule has 3 N–H and O–H groups in total. The van der Waals surface area contributed by atoms with E-state index in [1.807, 2.05) is 13.8 Å². The fraction of sp³-hybridized carbons (Fsp3) is 0.455. The molecule has 0 aliphatic carbocycles. The smallest absolute Gasteiger partial charge is 0.194 e. The number of nitrogens with two attached hydrogens (primary N) is 1. The molecule has 0 heterocycles. The van der Waals surface area contributed by atoms with E-state index in [9.17, 15) is 0 Å². The maximum absolute atomic E-state index is 9.14. The molecule has 0 aromatic heterocycles. The largest absolute Gasteiger partial charge is 0.463 e.